The van der Waals surface area contributed by atoms with Gasteiger partial charge in [0, 0.05) is 0 Å². The molecule has 90 heavy (non-hydrogen) atoms. The van der Waals surface area contributed by atoms with Gasteiger partial charge in [0.15, 0.2) is 0 Å². The minimum absolute atomic E-state index is 1.16. The number of hydrogen-bond acceptors (Lipinski definition) is 0. The van der Waals surface area contributed by atoms with Gasteiger partial charge in [-0.2, -0.15) is 0 Å². The van der Waals surface area contributed by atoms with E-state index in [4.69, 9.17) is 0 Å². The van der Waals surface area contributed by atoms with Crippen LogP contribution >= 0.6 is 0 Å². The quantitative estimate of drug-likeness (QED) is 0.0859. The van der Waals surface area contributed by atoms with E-state index in [1.54, 1.807) is 0 Å². The van der Waals surface area contributed by atoms with Gasteiger partial charge < -0.3 is 0 Å². The van der Waals surface area contributed by atoms with Gasteiger partial charge in [-0.15, -0.1) is 0 Å². The van der Waals surface area contributed by atoms with Gasteiger partial charge in [0.25, 0.3) is 0 Å². The van der Waals surface area contributed by atoms with Crippen LogP contribution < -0.4 is 52.8 Å². The van der Waals surface area contributed by atoms with Crippen LogP contribution in [0.2, 0.25) is 0 Å². The molecule has 0 aliphatic carbocycles. The Hall–Kier alpha value is -8.74. The molecule has 0 unspecified atom stereocenters. The normalized spacial score (nSPS) is 15.2. The standard InChI is InChI=1S/C84H60Ge6/c1-13-37-73(38-14-1)85(74-39-15-2-16-40-74)61-63-86(75-41-17-3-18-42-75,76-43-19-4-20-44-76)65-67-88(79-49-25-7-26-50-79,80-51-27-8-28-52-80)69-71-90(83-57-33-11-34-58-83,84-59-35-12-36-60-84)72-70-89(81-53-29-9-30-54-81,82-55-31-10-32-56-82)68-66-87(64-62-85,77-45-21-5-22-46-77)78-47-23-6-24-48-78/h1-60H. The first kappa shape index (κ1) is 60.2. The SMILES string of the molecule is [C]1#[C][Ge]([c]2ccccc2)([c]2ccccc2)[C]#[C][Ge]([c]2ccccc2)([c]2ccccc2)[C]#[C][Ge]([c]2ccccc2)([c]2ccccc2)[C]#[C][Ge]([c]2ccccc2)([c]2ccccc2)[C]#[C][Ge]([c]2ccccc2)([c]2ccccc2)[C]#[C][Ge]1([c]1ccccc1)[c]1ccccc1. The molecule has 1 aliphatic heterocycles. The van der Waals surface area contributed by atoms with E-state index in [0.29, 0.717) is 0 Å². The third-order valence-corrected chi connectivity index (χ3v) is 66.5. The Bertz CT molecular complexity index is 3710. The van der Waals surface area contributed by atoms with E-state index in [2.05, 4.69) is 421 Å². The number of hydrogen-bond donors (Lipinski definition) is 0. The fourth-order valence-corrected chi connectivity index (χ4v) is 71.2. The zero-order chi connectivity index (χ0) is 60.8. The van der Waals surface area contributed by atoms with Crippen molar-refractivity contribution in [1.82, 2.24) is 0 Å². The predicted octanol–water partition coefficient (Wildman–Crippen LogP) is 8.07. The van der Waals surface area contributed by atoms with Crippen molar-refractivity contribution in [2.75, 3.05) is 0 Å². The van der Waals surface area contributed by atoms with Gasteiger partial charge in [-0.05, 0) is 0 Å². The first-order chi connectivity index (χ1) is 44.5. The van der Waals surface area contributed by atoms with Crippen molar-refractivity contribution in [3.05, 3.63) is 364 Å². The Morgan fingerprint density at radius 2 is 0.167 bits per heavy atom. The van der Waals surface area contributed by atoms with Crippen molar-refractivity contribution in [3.8, 4) is 57.0 Å². The van der Waals surface area contributed by atoms with Crippen LogP contribution in [-0.2, 0) is 0 Å². The predicted molar refractivity (Wildman–Crippen MR) is 394 cm³/mol. The van der Waals surface area contributed by atoms with Gasteiger partial charge in [0.1, 0.15) is 0 Å². The van der Waals surface area contributed by atoms with Gasteiger partial charge in [-0.3, -0.25) is 0 Å². The third kappa shape index (κ3) is 12.0. The molecule has 1 heterocycles. The maximum atomic E-state index is 4.44. The molecule has 0 aromatic heterocycles. The molecule has 0 fully saturated rings. The van der Waals surface area contributed by atoms with E-state index in [9.17, 15) is 0 Å². The average Bonchev–Trinajstić information content (AvgIpc) is 0.776. The van der Waals surface area contributed by atoms with Crippen LogP contribution in [0.5, 0.6) is 0 Å². The molecule has 13 rings (SSSR count). The fourth-order valence-electron chi connectivity index (χ4n) is 12.3. The summed E-state index contributed by atoms with van der Waals surface area (Å²) in [6.45, 7) is 0. The summed E-state index contributed by atoms with van der Waals surface area (Å²) < 4.78 is 67.2. The van der Waals surface area contributed by atoms with E-state index in [1.165, 1.54) is 0 Å². The molecular formula is C84H60Ge6. The average molecular weight is 1510 g/mol. The van der Waals surface area contributed by atoms with Gasteiger partial charge in [-0.1, -0.05) is 0 Å². The molecule has 12 aromatic rings. The van der Waals surface area contributed by atoms with Crippen LogP contribution in [0.1, 0.15) is 0 Å². The molecule has 0 radical (unpaired) electrons. The van der Waals surface area contributed by atoms with Crippen molar-refractivity contribution >= 4 is 132 Å². The molecule has 420 valence electrons. The zero-order valence-corrected chi connectivity index (χ0v) is 62.2. The molecule has 0 saturated heterocycles. The molecule has 0 atom stereocenters. The van der Waals surface area contributed by atoms with Gasteiger partial charge in [0.2, 0.25) is 0 Å². The molecule has 0 spiro atoms. The van der Waals surface area contributed by atoms with Crippen molar-refractivity contribution in [3.63, 3.8) is 0 Å². The van der Waals surface area contributed by atoms with Gasteiger partial charge >= 0.3 is 553 Å². The second-order valence-electron chi connectivity index (χ2n) is 22.4. The van der Waals surface area contributed by atoms with Crippen LogP contribution in [0, 0.1) is 57.0 Å². The Balaban J connectivity index is 1.31. The summed E-state index contributed by atoms with van der Waals surface area (Å²) in [5.74, 6) is 0. The molecule has 0 N–H and O–H groups in total. The van der Waals surface area contributed by atoms with E-state index >= 15 is 0 Å². The second-order valence-corrected chi connectivity index (χ2v) is 62.1. The second kappa shape index (κ2) is 27.6. The van der Waals surface area contributed by atoms with Gasteiger partial charge in [0.05, 0.1) is 0 Å². The maximum absolute atomic E-state index is 4.44. The van der Waals surface area contributed by atoms with Crippen molar-refractivity contribution in [2.24, 2.45) is 0 Å². The molecule has 0 nitrogen and oxygen atoms in total. The summed E-state index contributed by atoms with van der Waals surface area (Å²) in [6, 6.07) is 132. The fraction of sp³-hybridized carbons (Fsp3) is 0. The molecule has 1 aliphatic rings. The minimum atomic E-state index is -4.43. The number of benzene rings is 12. The Kier molecular flexibility index (Phi) is 18.4. The van der Waals surface area contributed by atoms with Crippen molar-refractivity contribution < 1.29 is 0 Å². The monoisotopic (exact) mass is 1510 g/mol. The first-order valence-corrected chi connectivity index (χ1v) is 55.6. The first-order valence-electron chi connectivity index (χ1n) is 30.4. The van der Waals surface area contributed by atoms with E-state index in [-0.39, 0.29) is 0 Å². The van der Waals surface area contributed by atoms with Crippen molar-refractivity contribution in [2.45, 2.75) is 0 Å². The van der Waals surface area contributed by atoms with Crippen LogP contribution in [0.3, 0.4) is 0 Å². The van der Waals surface area contributed by atoms with E-state index in [1.807, 2.05) is 0 Å². The van der Waals surface area contributed by atoms with Crippen LogP contribution in [0.25, 0.3) is 0 Å². The summed E-state index contributed by atoms with van der Waals surface area (Å²) in [6.07, 6.45) is 0. The summed E-state index contributed by atoms with van der Waals surface area (Å²) in [7, 11) is 0. The zero-order valence-electron chi connectivity index (χ0n) is 49.6. The third-order valence-electron chi connectivity index (χ3n) is 17.1. The molecule has 0 saturated carbocycles. The molecule has 12 aromatic carbocycles. The number of rotatable bonds is 12. The molecule has 0 bridgehead atoms. The molecule has 0 amide bonds. The Morgan fingerprint density at radius 3 is 0.233 bits per heavy atom. The summed E-state index contributed by atoms with van der Waals surface area (Å²) in [4.78, 5) is 0. The molecular weight excluding hydrogens is 1440 g/mol. The summed E-state index contributed by atoms with van der Waals surface area (Å²) in [5, 5.41) is 0. The van der Waals surface area contributed by atoms with Crippen LogP contribution in [0.4, 0.5) is 0 Å². The molecule has 6 heteroatoms. The Morgan fingerprint density at radius 1 is 0.100 bits per heavy atom. The Labute approximate surface area is 547 Å². The summed E-state index contributed by atoms with van der Waals surface area (Å²) >= 11 is -26.6. The summed E-state index contributed by atoms with van der Waals surface area (Å²) in [5.41, 5.74) is 0. The van der Waals surface area contributed by atoms with Crippen molar-refractivity contribution in [1.29, 1.82) is 0 Å². The topological polar surface area (TPSA) is 0 Å². The van der Waals surface area contributed by atoms with Crippen LogP contribution in [0.15, 0.2) is 364 Å². The van der Waals surface area contributed by atoms with E-state index < -0.39 is 79.6 Å². The van der Waals surface area contributed by atoms with E-state index in [0.717, 1.165) is 52.8 Å². The van der Waals surface area contributed by atoms with Crippen LogP contribution in [-0.4, -0.2) is 79.6 Å². The van der Waals surface area contributed by atoms with Gasteiger partial charge in [-0.25, -0.2) is 0 Å².